The minimum atomic E-state index is 0.585. The molecule has 0 amide bonds. The molecule has 18 heavy (non-hydrogen) atoms. The Kier molecular flexibility index (Phi) is 8.70. The van der Waals surface area contributed by atoms with Gasteiger partial charge in [0.2, 0.25) is 0 Å². The molecule has 0 radical (unpaired) electrons. The van der Waals surface area contributed by atoms with Crippen LogP contribution in [0.25, 0.3) is 0 Å². The Balaban J connectivity index is 2.28. The molecule has 0 aromatic carbocycles. The summed E-state index contributed by atoms with van der Waals surface area (Å²) in [4.78, 5) is 0. The van der Waals surface area contributed by atoms with Crippen LogP contribution in [0.3, 0.4) is 0 Å². The van der Waals surface area contributed by atoms with Gasteiger partial charge in [-0.2, -0.15) is 0 Å². The van der Waals surface area contributed by atoms with E-state index in [0.717, 1.165) is 31.6 Å². The number of ether oxygens (including phenoxy) is 1. The third-order valence-corrected chi connectivity index (χ3v) is 4.39. The van der Waals surface area contributed by atoms with E-state index >= 15 is 0 Å². The highest BCUT2D eigenvalue weighted by molar-refractivity contribution is 4.81. The highest BCUT2D eigenvalue weighted by Gasteiger charge is 2.26. The van der Waals surface area contributed by atoms with E-state index in [1.54, 1.807) is 0 Å². The van der Waals surface area contributed by atoms with Crippen LogP contribution in [0.5, 0.6) is 0 Å². The van der Waals surface area contributed by atoms with Crippen LogP contribution in [0.4, 0.5) is 0 Å². The topological polar surface area (TPSA) is 21.3 Å². The fraction of sp³-hybridized carbons (Fsp3) is 1.00. The average molecular weight is 255 g/mol. The number of rotatable bonds is 9. The molecule has 0 aliphatic heterocycles. The molecule has 108 valence electrons. The van der Waals surface area contributed by atoms with Gasteiger partial charge in [0.25, 0.3) is 0 Å². The molecule has 1 fully saturated rings. The average Bonchev–Trinajstić information content (AvgIpc) is 2.42. The molecule has 0 bridgehead atoms. The van der Waals surface area contributed by atoms with Crippen molar-refractivity contribution in [2.24, 2.45) is 11.8 Å². The zero-order valence-corrected chi connectivity index (χ0v) is 12.7. The molecule has 1 aliphatic carbocycles. The van der Waals surface area contributed by atoms with Gasteiger partial charge in [-0.3, -0.25) is 0 Å². The van der Waals surface area contributed by atoms with Gasteiger partial charge in [-0.15, -0.1) is 0 Å². The molecule has 1 saturated carbocycles. The van der Waals surface area contributed by atoms with Gasteiger partial charge in [-0.1, -0.05) is 46.0 Å². The van der Waals surface area contributed by atoms with Gasteiger partial charge >= 0.3 is 0 Å². The predicted molar refractivity (Wildman–Crippen MR) is 78.9 cm³/mol. The summed E-state index contributed by atoms with van der Waals surface area (Å²) in [6.45, 7) is 9.39. The summed E-state index contributed by atoms with van der Waals surface area (Å²) in [6, 6.07) is 0.585. The molecular formula is C16H33NO. The van der Waals surface area contributed by atoms with Crippen LogP contribution in [0, 0.1) is 11.8 Å². The second-order valence-electron chi connectivity index (χ2n) is 5.75. The van der Waals surface area contributed by atoms with Crippen molar-refractivity contribution in [2.45, 2.75) is 71.8 Å². The summed E-state index contributed by atoms with van der Waals surface area (Å²) in [5, 5.41) is 3.62. The van der Waals surface area contributed by atoms with Crippen molar-refractivity contribution >= 4 is 0 Å². The van der Waals surface area contributed by atoms with Crippen molar-refractivity contribution in [2.75, 3.05) is 19.8 Å². The van der Waals surface area contributed by atoms with Gasteiger partial charge in [0.15, 0.2) is 0 Å². The van der Waals surface area contributed by atoms with Crippen LogP contribution in [-0.2, 0) is 4.74 Å². The zero-order chi connectivity index (χ0) is 13.2. The number of hydrogen-bond acceptors (Lipinski definition) is 2. The van der Waals surface area contributed by atoms with E-state index < -0.39 is 0 Å². The number of nitrogens with one attached hydrogen (secondary N) is 1. The SMILES string of the molecule is CCCCC1CCC(C(COCC)NCC)CC1. The zero-order valence-electron chi connectivity index (χ0n) is 12.7. The molecule has 1 atom stereocenters. The molecule has 1 rings (SSSR count). The van der Waals surface area contributed by atoms with Crippen molar-refractivity contribution in [3.63, 3.8) is 0 Å². The van der Waals surface area contributed by atoms with E-state index in [4.69, 9.17) is 4.74 Å². The van der Waals surface area contributed by atoms with Gasteiger partial charge in [-0.05, 0) is 38.1 Å². The van der Waals surface area contributed by atoms with Gasteiger partial charge in [0, 0.05) is 12.6 Å². The summed E-state index contributed by atoms with van der Waals surface area (Å²) in [5.41, 5.74) is 0. The van der Waals surface area contributed by atoms with Gasteiger partial charge < -0.3 is 10.1 Å². The minimum absolute atomic E-state index is 0.585. The van der Waals surface area contributed by atoms with Crippen molar-refractivity contribution in [1.82, 2.24) is 5.32 Å². The third kappa shape index (κ3) is 5.71. The Bertz CT molecular complexity index is 188. The number of likely N-dealkylation sites (N-methyl/N-ethyl adjacent to an activating group) is 1. The maximum absolute atomic E-state index is 5.63. The lowest BCUT2D eigenvalue weighted by atomic mass is 9.77. The second kappa shape index (κ2) is 9.80. The van der Waals surface area contributed by atoms with Crippen molar-refractivity contribution in [1.29, 1.82) is 0 Å². The number of unbranched alkanes of at least 4 members (excludes halogenated alkanes) is 1. The lowest BCUT2D eigenvalue weighted by molar-refractivity contribution is 0.0874. The molecule has 2 nitrogen and oxygen atoms in total. The van der Waals surface area contributed by atoms with Gasteiger partial charge in [0.1, 0.15) is 0 Å². The fourth-order valence-electron chi connectivity index (χ4n) is 3.24. The van der Waals surface area contributed by atoms with E-state index in [1.165, 1.54) is 44.9 Å². The molecule has 1 unspecified atom stereocenters. The molecular weight excluding hydrogens is 222 g/mol. The number of hydrogen-bond donors (Lipinski definition) is 1. The van der Waals surface area contributed by atoms with Crippen molar-refractivity contribution in [3.05, 3.63) is 0 Å². The van der Waals surface area contributed by atoms with E-state index in [9.17, 15) is 0 Å². The van der Waals surface area contributed by atoms with E-state index in [1.807, 2.05) is 0 Å². The molecule has 0 saturated heterocycles. The van der Waals surface area contributed by atoms with Gasteiger partial charge in [0.05, 0.1) is 6.61 Å². The van der Waals surface area contributed by atoms with Crippen LogP contribution in [0.2, 0.25) is 0 Å². The quantitative estimate of drug-likeness (QED) is 0.672. The minimum Gasteiger partial charge on any atom is -0.380 e. The van der Waals surface area contributed by atoms with E-state index in [0.29, 0.717) is 6.04 Å². The fourth-order valence-corrected chi connectivity index (χ4v) is 3.24. The molecule has 0 spiro atoms. The summed E-state index contributed by atoms with van der Waals surface area (Å²) in [5.74, 6) is 1.85. The van der Waals surface area contributed by atoms with Crippen LogP contribution >= 0.6 is 0 Å². The first-order chi connectivity index (χ1) is 8.81. The van der Waals surface area contributed by atoms with Crippen molar-refractivity contribution in [3.8, 4) is 0 Å². The van der Waals surface area contributed by atoms with Gasteiger partial charge in [-0.25, -0.2) is 0 Å². The lowest BCUT2D eigenvalue weighted by Crippen LogP contribution is -2.41. The third-order valence-electron chi connectivity index (χ3n) is 4.39. The summed E-state index contributed by atoms with van der Waals surface area (Å²) in [7, 11) is 0. The molecule has 0 heterocycles. The molecule has 1 N–H and O–H groups in total. The van der Waals surface area contributed by atoms with Crippen LogP contribution in [0.15, 0.2) is 0 Å². The van der Waals surface area contributed by atoms with E-state index in [2.05, 4.69) is 26.1 Å². The summed E-state index contributed by atoms with van der Waals surface area (Å²) < 4.78 is 5.63. The van der Waals surface area contributed by atoms with Crippen LogP contribution in [0.1, 0.15) is 65.7 Å². The highest BCUT2D eigenvalue weighted by Crippen LogP contribution is 2.33. The largest absolute Gasteiger partial charge is 0.380 e. The van der Waals surface area contributed by atoms with Crippen LogP contribution in [-0.4, -0.2) is 25.8 Å². The van der Waals surface area contributed by atoms with Crippen LogP contribution < -0.4 is 5.32 Å². The summed E-state index contributed by atoms with van der Waals surface area (Å²) in [6.07, 6.45) is 9.92. The standard InChI is InChI=1S/C16H33NO/c1-4-7-8-14-9-11-15(12-10-14)16(17-5-2)13-18-6-3/h14-17H,4-13H2,1-3H3. The molecule has 0 aromatic rings. The first kappa shape index (κ1) is 16.0. The molecule has 1 aliphatic rings. The Hall–Kier alpha value is -0.0800. The molecule has 2 heteroatoms. The second-order valence-corrected chi connectivity index (χ2v) is 5.75. The Morgan fingerprint density at radius 2 is 1.83 bits per heavy atom. The monoisotopic (exact) mass is 255 g/mol. The molecule has 0 aromatic heterocycles. The Labute approximate surface area is 114 Å². The van der Waals surface area contributed by atoms with Crippen molar-refractivity contribution < 1.29 is 4.74 Å². The summed E-state index contributed by atoms with van der Waals surface area (Å²) >= 11 is 0. The predicted octanol–water partition coefficient (Wildman–Crippen LogP) is 4.00. The van der Waals surface area contributed by atoms with E-state index in [-0.39, 0.29) is 0 Å². The maximum Gasteiger partial charge on any atom is 0.0622 e. The highest BCUT2D eigenvalue weighted by atomic mass is 16.5. The smallest absolute Gasteiger partial charge is 0.0622 e. The first-order valence-corrected chi connectivity index (χ1v) is 8.12. The lowest BCUT2D eigenvalue weighted by Gasteiger charge is -2.34. The maximum atomic E-state index is 5.63. The Morgan fingerprint density at radius 1 is 1.11 bits per heavy atom. The Morgan fingerprint density at radius 3 is 2.39 bits per heavy atom. The normalized spacial score (nSPS) is 26.2. The first-order valence-electron chi connectivity index (χ1n) is 8.12.